The molecule has 0 saturated heterocycles. The molecule has 0 spiro atoms. The smallest absolute Gasteiger partial charge is 0.230 e. The first-order valence-electron chi connectivity index (χ1n) is 8.59. The molecule has 0 atom stereocenters. The molecule has 140 valence electrons. The molecule has 27 heavy (non-hydrogen) atoms. The zero-order valence-electron chi connectivity index (χ0n) is 15.8. The number of nitrogens with zero attached hydrogens (tertiary/aromatic N) is 2. The van der Waals surface area contributed by atoms with Gasteiger partial charge in [0.1, 0.15) is 6.61 Å². The topological polar surface area (TPSA) is 56.3 Å². The molecule has 0 aliphatic carbocycles. The third-order valence-electron chi connectivity index (χ3n) is 3.91. The van der Waals surface area contributed by atoms with Crippen LogP contribution in [0.1, 0.15) is 22.4 Å². The maximum Gasteiger partial charge on any atom is 0.230 e. The second-order valence-corrected chi connectivity index (χ2v) is 6.43. The molecule has 3 aromatic rings. The van der Waals surface area contributed by atoms with Gasteiger partial charge >= 0.3 is 0 Å². The van der Waals surface area contributed by atoms with E-state index in [1.807, 2.05) is 32.9 Å². The predicted octanol–water partition coefficient (Wildman–Crippen LogP) is 4.87. The van der Waals surface area contributed by atoms with Crippen molar-refractivity contribution in [2.45, 2.75) is 27.4 Å². The van der Waals surface area contributed by atoms with Crippen molar-refractivity contribution in [3.05, 3.63) is 70.7 Å². The van der Waals surface area contributed by atoms with Crippen LogP contribution in [-0.2, 0) is 6.61 Å². The van der Waals surface area contributed by atoms with Crippen LogP contribution < -0.4 is 14.8 Å². The van der Waals surface area contributed by atoms with E-state index in [9.17, 15) is 4.39 Å². The lowest BCUT2D eigenvalue weighted by Crippen LogP contribution is -2.03. The molecule has 0 aliphatic heterocycles. The monoisotopic (exact) mass is 367 g/mol. The van der Waals surface area contributed by atoms with Crippen LogP contribution in [0.15, 0.2) is 42.5 Å². The maximum absolute atomic E-state index is 13.8. The molecular formula is C21H22FN3O2. The normalized spacial score (nSPS) is 10.6. The van der Waals surface area contributed by atoms with Crippen molar-refractivity contribution < 1.29 is 13.9 Å². The van der Waals surface area contributed by atoms with E-state index >= 15 is 0 Å². The van der Waals surface area contributed by atoms with Crippen molar-refractivity contribution in [2.24, 2.45) is 0 Å². The second kappa shape index (κ2) is 8.03. The van der Waals surface area contributed by atoms with E-state index in [4.69, 9.17) is 9.47 Å². The Bertz CT molecular complexity index is 940. The van der Waals surface area contributed by atoms with Crippen molar-refractivity contribution in [3.63, 3.8) is 0 Å². The summed E-state index contributed by atoms with van der Waals surface area (Å²) < 4.78 is 24.4. The molecule has 0 aliphatic rings. The minimum absolute atomic E-state index is 0.195. The van der Waals surface area contributed by atoms with E-state index in [1.54, 1.807) is 18.2 Å². The summed E-state index contributed by atoms with van der Waals surface area (Å²) in [5, 5.41) is 3.21. The molecule has 0 amide bonds. The third-order valence-corrected chi connectivity index (χ3v) is 3.91. The zero-order valence-corrected chi connectivity index (χ0v) is 15.8. The van der Waals surface area contributed by atoms with Crippen molar-refractivity contribution in [2.75, 3.05) is 12.4 Å². The summed E-state index contributed by atoms with van der Waals surface area (Å²) >= 11 is 0. The molecule has 1 N–H and O–H groups in total. The van der Waals surface area contributed by atoms with Crippen LogP contribution in [0.2, 0.25) is 0 Å². The quantitative estimate of drug-likeness (QED) is 0.673. The number of aromatic nitrogens is 2. The van der Waals surface area contributed by atoms with Gasteiger partial charge in [0, 0.05) is 17.4 Å². The largest absolute Gasteiger partial charge is 0.494 e. The Balaban J connectivity index is 1.74. The summed E-state index contributed by atoms with van der Waals surface area (Å²) in [6, 6.07) is 12.6. The highest BCUT2D eigenvalue weighted by Crippen LogP contribution is 2.21. The Morgan fingerprint density at radius 1 is 0.963 bits per heavy atom. The van der Waals surface area contributed by atoms with E-state index in [-0.39, 0.29) is 12.4 Å². The van der Waals surface area contributed by atoms with Crippen molar-refractivity contribution >= 4 is 11.6 Å². The van der Waals surface area contributed by atoms with Gasteiger partial charge in [-0.15, -0.1) is 0 Å². The highest BCUT2D eigenvalue weighted by Gasteiger charge is 2.07. The van der Waals surface area contributed by atoms with E-state index in [1.165, 1.54) is 13.2 Å². The Labute approximate surface area is 158 Å². The van der Waals surface area contributed by atoms with Crippen LogP contribution in [0.25, 0.3) is 0 Å². The molecule has 5 nitrogen and oxygen atoms in total. The van der Waals surface area contributed by atoms with Gasteiger partial charge in [-0.25, -0.2) is 9.37 Å². The fourth-order valence-electron chi connectivity index (χ4n) is 2.80. The summed E-state index contributed by atoms with van der Waals surface area (Å²) in [5.41, 5.74) is 4.69. The molecule has 0 saturated carbocycles. The molecule has 6 heteroatoms. The molecule has 0 unspecified atom stereocenters. The van der Waals surface area contributed by atoms with E-state index in [0.29, 0.717) is 17.4 Å². The zero-order chi connectivity index (χ0) is 19.4. The Morgan fingerprint density at radius 2 is 1.70 bits per heavy atom. The van der Waals surface area contributed by atoms with Crippen LogP contribution in [0, 0.1) is 26.6 Å². The SMILES string of the molecule is COc1ccc(COc2cc(C)nc(Nc3cc(C)cc(C)c3)n2)cc1F. The minimum atomic E-state index is -0.422. The lowest BCUT2D eigenvalue weighted by Gasteiger charge is -2.11. The average molecular weight is 367 g/mol. The number of anilines is 2. The summed E-state index contributed by atoms with van der Waals surface area (Å²) in [6.45, 7) is 6.14. The number of methoxy groups -OCH3 is 1. The van der Waals surface area contributed by atoms with Crippen LogP contribution in [0.3, 0.4) is 0 Å². The van der Waals surface area contributed by atoms with Crippen molar-refractivity contribution in [1.82, 2.24) is 9.97 Å². The molecular weight excluding hydrogens is 345 g/mol. The number of ether oxygens (including phenoxy) is 2. The van der Waals surface area contributed by atoms with Gasteiger partial charge in [0.05, 0.1) is 7.11 Å². The van der Waals surface area contributed by atoms with Gasteiger partial charge in [-0.05, 0) is 61.7 Å². The van der Waals surface area contributed by atoms with Gasteiger partial charge in [-0.3, -0.25) is 0 Å². The molecule has 1 aromatic heterocycles. The van der Waals surface area contributed by atoms with E-state index < -0.39 is 5.82 Å². The van der Waals surface area contributed by atoms with Crippen molar-refractivity contribution in [3.8, 4) is 11.6 Å². The highest BCUT2D eigenvalue weighted by molar-refractivity contribution is 5.56. The second-order valence-electron chi connectivity index (χ2n) is 6.43. The summed E-state index contributed by atoms with van der Waals surface area (Å²) in [4.78, 5) is 8.80. The summed E-state index contributed by atoms with van der Waals surface area (Å²) in [6.07, 6.45) is 0. The first-order chi connectivity index (χ1) is 12.9. The first kappa shape index (κ1) is 18.6. The molecule has 0 fully saturated rings. The van der Waals surface area contributed by atoms with Gasteiger partial charge in [-0.1, -0.05) is 12.1 Å². The van der Waals surface area contributed by atoms with Gasteiger partial charge in [0.25, 0.3) is 0 Å². The fraction of sp³-hybridized carbons (Fsp3) is 0.238. The van der Waals surface area contributed by atoms with Crippen LogP contribution in [0.4, 0.5) is 16.0 Å². The minimum Gasteiger partial charge on any atom is -0.494 e. The van der Waals surface area contributed by atoms with Gasteiger partial charge in [0.15, 0.2) is 11.6 Å². The van der Waals surface area contributed by atoms with Crippen molar-refractivity contribution in [1.29, 1.82) is 0 Å². The highest BCUT2D eigenvalue weighted by atomic mass is 19.1. The number of halogens is 1. The predicted molar refractivity (Wildman–Crippen MR) is 103 cm³/mol. The Morgan fingerprint density at radius 3 is 2.37 bits per heavy atom. The Kier molecular flexibility index (Phi) is 5.54. The number of nitrogens with one attached hydrogen (secondary N) is 1. The first-order valence-corrected chi connectivity index (χ1v) is 8.59. The molecule has 0 bridgehead atoms. The standard InChI is InChI=1S/C21H22FN3O2/c1-13-7-14(2)9-17(8-13)24-21-23-15(3)10-20(25-21)27-12-16-5-6-19(26-4)18(22)11-16/h5-11H,12H2,1-4H3,(H,23,24,25). The van der Waals surface area contributed by atoms with E-state index in [2.05, 4.69) is 21.4 Å². The van der Waals surface area contributed by atoms with Gasteiger partial charge in [0.2, 0.25) is 11.8 Å². The summed E-state index contributed by atoms with van der Waals surface area (Å²) in [7, 11) is 1.43. The summed E-state index contributed by atoms with van der Waals surface area (Å²) in [5.74, 6) is 0.660. The van der Waals surface area contributed by atoms with Crippen LogP contribution in [0.5, 0.6) is 11.6 Å². The number of aryl methyl sites for hydroxylation is 3. The number of hydrogen-bond donors (Lipinski definition) is 1. The molecule has 0 radical (unpaired) electrons. The number of hydrogen-bond acceptors (Lipinski definition) is 5. The fourth-order valence-corrected chi connectivity index (χ4v) is 2.80. The van der Waals surface area contributed by atoms with E-state index in [0.717, 1.165) is 22.5 Å². The number of rotatable bonds is 6. The third kappa shape index (κ3) is 4.94. The number of benzene rings is 2. The lowest BCUT2D eigenvalue weighted by molar-refractivity contribution is 0.292. The van der Waals surface area contributed by atoms with Gasteiger partial charge in [-0.2, -0.15) is 4.98 Å². The van der Waals surface area contributed by atoms with Crippen LogP contribution >= 0.6 is 0 Å². The molecule has 1 heterocycles. The molecule has 3 rings (SSSR count). The van der Waals surface area contributed by atoms with Gasteiger partial charge < -0.3 is 14.8 Å². The lowest BCUT2D eigenvalue weighted by atomic mass is 10.1. The van der Waals surface area contributed by atoms with Crippen LogP contribution in [-0.4, -0.2) is 17.1 Å². The average Bonchev–Trinajstić information content (AvgIpc) is 2.58. The Hall–Kier alpha value is -3.15. The maximum atomic E-state index is 13.8. The molecule has 2 aromatic carbocycles.